The van der Waals surface area contributed by atoms with Gasteiger partial charge in [0, 0.05) is 12.2 Å². The molecule has 0 bridgehead atoms. The molecule has 83 valence electrons. The summed E-state index contributed by atoms with van der Waals surface area (Å²) in [6.07, 6.45) is 0. The molecule has 0 aromatic heterocycles. The van der Waals surface area contributed by atoms with Gasteiger partial charge in [0.25, 0.3) is 0 Å². The summed E-state index contributed by atoms with van der Waals surface area (Å²) < 4.78 is 23.1. The molecule has 0 fully saturated rings. The molecule has 0 heterocycles. The summed E-state index contributed by atoms with van der Waals surface area (Å²) in [6.45, 7) is 2.05. The molecule has 1 aromatic carbocycles. The van der Waals surface area contributed by atoms with E-state index in [0.29, 0.717) is 0 Å². The Balaban J connectivity index is 2.99. The zero-order chi connectivity index (χ0) is 11.3. The van der Waals surface area contributed by atoms with Crippen LogP contribution in [0.25, 0.3) is 0 Å². The van der Waals surface area contributed by atoms with Gasteiger partial charge in [0.2, 0.25) is 0 Å². The number of rotatable bonds is 5. The monoisotopic (exact) mass is 228 g/mol. The highest BCUT2D eigenvalue weighted by Crippen LogP contribution is 2.16. The third-order valence-corrected chi connectivity index (χ3v) is 3.60. The van der Waals surface area contributed by atoms with Crippen molar-refractivity contribution in [1.29, 1.82) is 0 Å². The second-order valence-corrected chi connectivity index (χ2v) is 5.19. The van der Waals surface area contributed by atoms with Crippen molar-refractivity contribution < 1.29 is 13.5 Å². The third kappa shape index (κ3) is 3.21. The Kier molecular flexibility index (Phi) is 4.11. The maximum atomic E-state index is 11.6. The topological polar surface area (TPSA) is 66.1 Å². The summed E-state index contributed by atoms with van der Waals surface area (Å²) in [5.41, 5.74) is 0.754. The molecule has 0 unspecified atom stereocenters. The van der Waals surface area contributed by atoms with Gasteiger partial charge in [-0.2, -0.15) is 0 Å². The first kappa shape index (κ1) is 12.0. The van der Waals surface area contributed by atoms with Gasteiger partial charge in [-0.3, -0.25) is 0 Å². The number of benzene rings is 1. The second kappa shape index (κ2) is 5.14. The van der Waals surface area contributed by atoms with Gasteiger partial charge in [-0.25, -0.2) is 13.5 Å². The average molecular weight is 228 g/mol. The fraction of sp³-hybridized carbons (Fsp3) is 0.400. The molecule has 1 radical (unpaired) electrons. The largest absolute Gasteiger partial charge is 0.385 e. The lowest BCUT2D eigenvalue weighted by molar-refractivity contribution is 0.213. The molecule has 4 nitrogen and oxygen atoms in total. The molecule has 0 aliphatic rings. The highest BCUT2D eigenvalue weighted by Gasteiger charge is 2.13. The molecule has 0 aliphatic heterocycles. The Morgan fingerprint density at radius 2 is 2.07 bits per heavy atom. The number of hydrogen-bond donors (Lipinski definition) is 1. The van der Waals surface area contributed by atoms with E-state index in [-0.39, 0.29) is 10.6 Å². The number of anilines is 1. The highest BCUT2D eigenvalue weighted by molar-refractivity contribution is 7.91. The van der Waals surface area contributed by atoms with Gasteiger partial charge < -0.3 is 5.32 Å². The second-order valence-electron chi connectivity index (χ2n) is 3.08. The zero-order valence-corrected chi connectivity index (χ0v) is 9.38. The molecular weight excluding hydrogens is 214 g/mol. The number of nitrogens with one attached hydrogen (secondary N) is 1. The van der Waals surface area contributed by atoms with Gasteiger partial charge in [0.15, 0.2) is 9.84 Å². The molecular formula is C10H14NO3S. The maximum Gasteiger partial charge on any atom is 0.180 e. The molecule has 0 aliphatic carbocycles. The van der Waals surface area contributed by atoms with E-state index in [1.807, 2.05) is 6.92 Å². The summed E-state index contributed by atoms with van der Waals surface area (Å²) in [5, 5.41) is 13.4. The molecule has 0 saturated carbocycles. The highest BCUT2D eigenvalue weighted by atomic mass is 32.2. The average Bonchev–Trinajstić information content (AvgIpc) is 2.19. The number of hydrogen-bond acceptors (Lipinski definition) is 3. The van der Waals surface area contributed by atoms with Crippen LogP contribution in [0.5, 0.6) is 0 Å². The zero-order valence-electron chi connectivity index (χ0n) is 8.56. The van der Waals surface area contributed by atoms with E-state index in [2.05, 4.69) is 5.32 Å². The van der Waals surface area contributed by atoms with Crippen LogP contribution in [-0.4, -0.2) is 27.3 Å². The van der Waals surface area contributed by atoms with Crippen molar-refractivity contribution in [1.82, 2.24) is 0 Å². The number of sulfone groups is 1. The minimum Gasteiger partial charge on any atom is -0.385 e. The van der Waals surface area contributed by atoms with Crippen LogP contribution >= 0.6 is 0 Å². The molecule has 1 rings (SSSR count). The lowest BCUT2D eigenvalue weighted by Crippen LogP contribution is -2.09. The lowest BCUT2D eigenvalue weighted by Gasteiger charge is -2.06. The minimum absolute atomic E-state index is 0.205. The van der Waals surface area contributed by atoms with E-state index in [1.54, 1.807) is 18.2 Å². The fourth-order valence-corrected chi connectivity index (χ4v) is 2.28. The first-order chi connectivity index (χ1) is 7.10. The standard InChI is InChI=1S/C10H14NO3S/c1-2-11-9-4-3-5-10(8-9)15(13,14)7-6-12/h3-5,8,11H,2,6-7H2,1H3. The molecule has 0 spiro atoms. The predicted octanol–water partition coefficient (Wildman–Crippen LogP) is 1.32. The Morgan fingerprint density at radius 1 is 1.33 bits per heavy atom. The Bertz CT molecular complexity index is 414. The normalized spacial score (nSPS) is 11.3. The van der Waals surface area contributed by atoms with Crippen LogP contribution in [0.3, 0.4) is 0 Å². The van der Waals surface area contributed by atoms with Crippen molar-refractivity contribution in [2.45, 2.75) is 11.8 Å². The van der Waals surface area contributed by atoms with E-state index in [9.17, 15) is 13.5 Å². The van der Waals surface area contributed by atoms with Crippen LogP contribution < -0.4 is 5.32 Å². The van der Waals surface area contributed by atoms with Crippen molar-refractivity contribution >= 4 is 15.5 Å². The third-order valence-electron chi connectivity index (χ3n) is 1.93. The van der Waals surface area contributed by atoms with Crippen LogP contribution in [0.15, 0.2) is 29.2 Å². The van der Waals surface area contributed by atoms with Gasteiger partial charge >= 0.3 is 0 Å². The van der Waals surface area contributed by atoms with Crippen molar-refractivity contribution in [3.8, 4) is 0 Å². The molecule has 15 heavy (non-hydrogen) atoms. The van der Waals surface area contributed by atoms with Gasteiger partial charge in [-0.15, -0.1) is 0 Å². The molecule has 1 N–H and O–H groups in total. The van der Waals surface area contributed by atoms with E-state index in [1.165, 1.54) is 6.07 Å². The quantitative estimate of drug-likeness (QED) is 0.826. The van der Waals surface area contributed by atoms with Crippen molar-refractivity contribution in [3.63, 3.8) is 0 Å². The van der Waals surface area contributed by atoms with Gasteiger partial charge in [0.1, 0.15) is 0 Å². The molecule has 5 heteroatoms. The molecule has 0 amide bonds. The van der Waals surface area contributed by atoms with E-state index >= 15 is 0 Å². The summed E-state index contributed by atoms with van der Waals surface area (Å²) in [5.74, 6) is -0.345. The summed E-state index contributed by atoms with van der Waals surface area (Å²) in [6, 6.07) is 6.51. The summed E-state index contributed by atoms with van der Waals surface area (Å²) in [4.78, 5) is 0.205. The van der Waals surface area contributed by atoms with Gasteiger partial charge in [0.05, 0.1) is 17.3 Å². The smallest absolute Gasteiger partial charge is 0.180 e. The van der Waals surface area contributed by atoms with Crippen LogP contribution in [0, 0.1) is 0 Å². The van der Waals surface area contributed by atoms with Gasteiger partial charge in [-0.05, 0) is 25.1 Å². The van der Waals surface area contributed by atoms with E-state index in [4.69, 9.17) is 0 Å². The van der Waals surface area contributed by atoms with Crippen LogP contribution in [0.1, 0.15) is 6.92 Å². The van der Waals surface area contributed by atoms with E-state index in [0.717, 1.165) is 12.2 Å². The summed E-state index contributed by atoms with van der Waals surface area (Å²) in [7, 11) is -3.40. The SMILES string of the molecule is CCNc1cccc(S(=O)(=O)CC[O])c1. The van der Waals surface area contributed by atoms with Crippen molar-refractivity contribution in [2.24, 2.45) is 0 Å². The first-order valence-corrected chi connectivity index (χ1v) is 6.40. The van der Waals surface area contributed by atoms with Crippen molar-refractivity contribution in [2.75, 3.05) is 24.2 Å². The Labute approximate surface area is 89.9 Å². The summed E-state index contributed by atoms with van der Waals surface area (Å²) >= 11 is 0. The maximum absolute atomic E-state index is 11.6. The van der Waals surface area contributed by atoms with Crippen LogP contribution in [-0.2, 0) is 14.9 Å². The Hall–Kier alpha value is -1.07. The predicted molar refractivity (Wildman–Crippen MR) is 58.2 cm³/mol. The van der Waals surface area contributed by atoms with Crippen molar-refractivity contribution in [3.05, 3.63) is 24.3 Å². The first-order valence-electron chi connectivity index (χ1n) is 4.75. The molecule has 0 atom stereocenters. The fourth-order valence-electron chi connectivity index (χ4n) is 1.23. The molecule has 1 aromatic rings. The van der Waals surface area contributed by atoms with Gasteiger partial charge in [-0.1, -0.05) is 6.07 Å². The molecule has 0 saturated heterocycles. The van der Waals surface area contributed by atoms with Crippen LogP contribution in [0.4, 0.5) is 5.69 Å². The van der Waals surface area contributed by atoms with E-state index < -0.39 is 16.4 Å². The lowest BCUT2D eigenvalue weighted by atomic mass is 10.3. The van der Waals surface area contributed by atoms with Crippen LogP contribution in [0.2, 0.25) is 0 Å². The minimum atomic E-state index is -3.40. The Morgan fingerprint density at radius 3 is 2.67 bits per heavy atom.